The number of para-hydroxylation sites is 1. The fourth-order valence-electron chi connectivity index (χ4n) is 2.50. The summed E-state index contributed by atoms with van der Waals surface area (Å²) in [7, 11) is 0. The first kappa shape index (κ1) is 13.6. The van der Waals surface area contributed by atoms with Gasteiger partial charge in [-0.3, -0.25) is 9.59 Å². The van der Waals surface area contributed by atoms with E-state index in [4.69, 9.17) is 0 Å². The minimum atomic E-state index is -1.40. The predicted octanol–water partition coefficient (Wildman–Crippen LogP) is 1.46. The zero-order valence-corrected chi connectivity index (χ0v) is 12.3. The molecule has 3 aromatic rings. The van der Waals surface area contributed by atoms with Gasteiger partial charge in [0.1, 0.15) is 0 Å². The topological polar surface area (TPSA) is 90.4 Å². The third-order valence-electron chi connectivity index (χ3n) is 3.60. The molecule has 0 unspecified atom stereocenters. The molecule has 2 heterocycles. The molecule has 0 spiro atoms. The Balaban J connectivity index is 1.83. The smallest absolute Gasteiger partial charge is 0.268 e. The van der Waals surface area contributed by atoms with Gasteiger partial charge < -0.3 is 9.90 Å². The molecule has 0 radical (unpaired) electrons. The number of rotatable bonds is 2. The minimum absolute atomic E-state index is 0.0518. The van der Waals surface area contributed by atoms with Crippen LogP contribution in [-0.2, 0) is 0 Å². The van der Waals surface area contributed by atoms with Crippen LogP contribution in [0.25, 0.3) is 10.2 Å². The number of hydrogen-bond acceptors (Lipinski definition) is 6. The minimum Gasteiger partial charge on any atom is -0.545 e. The number of anilines is 1. The second kappa shape index (κ2) is 4.72. The number of imide groups is 1. The highest BCUT2D eigenvalue weighted by atomic mass is 32.1. The molecule has 1 aliphatic rings. The normalized spacial score (nSPS) is 13.7. The van der Waals surface area contributed by atoms with Gasteiger partial charge in [0, 0.05) is 0 Å². The van der Waals surface area contributed by atoms with Crippen molar-refractivity contribution in [3.05, 3.63) is 59.2 Å². The molecule has 0 aliphatic carbocycles. The molecule has 1 aromatic heterocycles. The maximum absolute atomic E-state index is 12.5. The lowest BCUT2D eigenvalue weighted by Crippen LogP contribution is -2.29. The van der Waals surface area contributed by atoms with Gasteiger partial charge in [-0.25, -0.2) is 9.88 Å². The van der Waals surface area contributed by atoms with Crippen LogP contribution in [0.15, 0.2) is 42.5 Å². The molecular weight excluding hydrogens is 316 g/mol. The number of carboxylic acids is 1. The van der Waals surface area contributed by atoms with Crippen molar-refractivity contribution in [1.82, 2.24) is 4.98 Å². The Bertz CT molecular complexity index is 975. The van der Waals surface area contributed by atoms with Crippen LogP contribution in [0.3, 0.4) is 0 Å². The van der Waals surface area contributed by atoms with Gasteiger partial charge in [-0.05, 0) is 29.8 Å². The summed E-state index contributed by atoms with van der Waals surface area (Å²) < 4.78 is 0.856. The van der Waals surface area contributed by atoms with Crippen molar-refractivity contribution in [1.29, 1.82) is 0 Å². The maximum Gasteiger partial charge on any atom is 0.268 e. The first-order chi connectivity index (χ1) is 11.1. The Labute approximate surface area is 133 Å². The van der Waals surface area contributed by atoms with Crippen molar-refractivity contribution >= 4 is 44.5 Å². The van der Waals surface area contributed by atoms with E-state index in [2.05, 4.69) is 4.98 Å². The van der Waals surface area contributed by atoms with Crippen LogP contribution in [0.2, 0.25) is 0 Å². The van der Waals surface area contributed by atoms with Crippen molar-refractivity contribution in [3.63, 3.8) is 0 Å². The second-order valence-corrected chi connectivity index (χ2v) is 5.97. The molecule has 2 aromatic carbocycles. The molecule has 0 saturated heterocycles. The van der Waals surface area contributed by atoms with Gasteiger partial charge in [0.25, 0.3) is 11.8 Å². The molecule has 112 valence electrons. The number of carbonyl (C=O) groups is 3. The monoisotopic (exact) mass is 323 g/mol. The Morgan fingerprint density at radius 3 is 2.52 bits per heavy atom. The van der Waals surface area contributed by atoms with Crippen molar-refractivity contribution < 1.29 is 19.5 Å². The summed E-state index contributed by atoms with van der Waals surface area (Å²) >= 11 is 1.23. The summed E-state index contributed by atoms with van der Waals surface area (Å²) in [6.07, 6.45) is 0. The van der Waals surface area contributed by atoms with Gasteiger partial charge in [-0.1, -0.05) is 29.5 Å². The highest BCUT2D eigenvalue weighted by Crippen LogP contribution is 2.34. The van der Waals surface area contributed by atoms with Gasteiger partial charge in [-0.15, -0.1) is 0 Å². The van der Waals surface area contributed by atoms with Gasteiger partial charge in [0.2, 0.25) is 5.13 Å². The summed E-state index contributed by atoms with van der Waals surface area (Å²) in [6, 6.07) is 11.1. The van der Waals surface area contributed by atoms with Gasteiger partial charge in [-0.2, -0.15) is 0 Å². The molecule has 2 amide bonds. The van der Waals surface area contributed by atoms with Gasteiger partial charge in [0.05, 0.1) is 27.3 Å². The summed E-state index contributed by atoms with van der Waals surface area (Å²) in [5.41, 5.74) is 0.769. The summed E-state index contributed by atoms with van der Waals surface area (Å²) in [5.74, 6) is -2.48. The van der Waals surface area contributed by atoms with Crippen LogP contribution in [0.1, 0.15) is 31.1 Å². The standard InChI is InChI=1S/C16H8N2O4S/c19-13-9-6-5-8(15(21)22)7-10(9)14(20)18(13)16-17-11-3-1-2-4-12(11)23-16/h1-7H,(H,21,22)/p-1. The van der Waals surface area contributed by atoms with Crippen LogP contribution < -0.4 is 10.0 Å². The molecular formula is C16H7N2O4S-. The fraction of sp³-hybridized carbons (Fsp3) is 0. The van der Waals surface area contributed by atoms with E-state index in [9.17, 15) is 19.5 Å². The first-order valence-electron chi connectivity index (χ1n) is 6.66. The van der Waals surface area contributed by atoms with Crippen LogP contribution in [0.5, 0.6) is 0 Å². The van der Waals surface area contributed by atoms with E-state index in [0.717, 1.165) is 15.7 Å². The number of benzene rings is 2. The van der Waals surface area contributed by atoms with Crippen molar-refractivity contribution in [2.24, 2.45) is 0 Å². The molecule has 0 fully saturated rings. The predicted molar refractivity (Wildman–Crippen MR) is 81.5 cm³/mol. The molecule has 0 bridgehead atoms. The van der Waals surface area contributed by atoms with Gasteiger partial charge >= 0.3 is 0 Å². The number of hydrogen-bond donors (Lipinski definition) is 0. The SMILES string of the molecule is O=C([O-])c1ccc2c(c1)C(=O)N(c1nc3ccccc3s1)C2=O. The lowest BCUT2D eigenvalue weighted by Gasteiger charge is -2.08. The largest absolute Gasteiger partial charge is 0.545 e. The van der Waals surface area contributed by atoms with Crippen LogP contribution in [0.4, 0.5) is 5.13 Å². The molecule has 1 aliphatic heterocycles. The van der Waals surface area contributed by atoms with Crippen LogP contribution in [0, 0.1) is 0 Å². The lowest BCUT2D eigenvalue weighted by atomic mass is 10.1. The quantitative estimate of drug-likeness (QED) is 0.666. The second-order valence-electron chi connectivity index (χ2n) is 4.96. The number of nitrogens with zero attached hydrogens (tertiary/aromatic N) is 2. The van der Waals surface area contributed by atoms with Crippen LogP contribution >= 0.6 is 11.3 Å². The van der Waals surface area contributed by atoms with E-state index in [-0.39, 0.29) is 21.8 Å². The van der Waals surface area contributed by atoms with E-state index in [1.807, 2.05) is 18.2 Å². The van der Waals surface area contributed by atoms with Crippen molar-refractivity contribution in [2.45, 2.75) is 0 Å². The average Bonchev–Trinajstić information content (AvgIpc) is 3.06. The average molecular weight is 323 g/mol. The third kappa shape index (κ3) is 1.94. The molecule has 4 rings (SSSR count). The lowest BCUT2D eigenvalue weighted by molar-refractivity contribution is -0.255. The number of aromatic nitrogens is 1. The van der Waals surface area contributed by atoms with Crippen molar-refractivity contribution in [3.8, 4) is 0 Å². The summed E-state index contributed by atoms with van der Waals surface area (Å²) in [6.45, 7) is 0. The Morgan fingerprint density at radius 2 is 1.78 bits per heavy atom. The molecule has 6 nitrogen and oxygen atoms in total. The van der Waals surface area contributed by atoms with E-state index in [0.29, 0.717) is 5.52 Å². The van der Waals surface area contributed by atoms with E-state index >= 15 is 0 Å². The van der Waals surface area contributed by atoms with E-state index in [1.54, 1.807) is 6.07 Å². The highest BCUT2D eigenvalue weighted by molar-refractivity contribution is 7.22. The zero-order valence-electron chi connectivity index (χ0n) is 11.5. The molecule has 7 heteroatoms. The van der Waals surface area contributed by atoms with Gasteiger partial charge in [0.15, 0.2) is 0 Å². The molecule has 0 N–H and O–H groups in total. The third-order valence-corrected chi connectivity index (χ3v) is 4.62. The maximum atomic E-state index is 12.5. The summed E-state index contributed by atoms with van der Waals surface area (Å²) in [5, 5.41) is 11.2. The number of fused-ring (bicyclic) bond motifs is 2. The fourth-order valence-corrected chi connectivity index (χ4v) is 3.46. The summed E-state index contributed by atoms with van der Waals surface area (Å²) in [4.78, 5) is 41.2. The number of aromatic carboxylic acids is 1. The highest BCUT2D eigenvalue weighted by Gasteiger charge is 2.38. The van der Waals surface area contributed by atoms with E-state index in [1.165, 1.54) is 23.5 Å². The molecule has 0 saturated carbocycles. The number of amides is 2. The number of thiazole rings is 1. The number of carbonyl (C=O) groups excluding carboxylic acids is 3. The van der Waals surface area contributed by atoms with E-state index < -0.39 is 17.8 Å². The molecule has 0 atom stereocenters. The zero-order chi connectivity index (χ0) is 16.1. The molecule has 23 heavy (non-hydrogen) atoms. The Kier molecular flexibility index (Phi) is 2.79. The van der Waals surface area contributed by atoms with Crippen LogP contribution in [-0.4, -0.2) is 22.8 Å². The van der Waals surface area contributed by atoms with Crippen molar-refractivity contribution in [2.75, 3.05) is 4.90 Å². The Morgan fingerprint density at radius 1 is 1.04 bits per heavy atom. The first-order valence-corrected chi connectivity index (χ1v) is 7.47. The number of carboxylic acid groups (broad SMARTS) is 1. The Hall–Kier alpha value is -3.06.